The molecule has 12 heavy (non-hydrogen) atoms. The van der Waals surface area contributed by atoms with Crippen LogP contribution in [0.25, 0.3) is 0 Å². The van der Waals surface area contributed by atoms with Crippen molar-refractivity contribution >= 4 is 11.8 Å². The number of thioether (sulfide) groups is 1. The molecule has 1 nitrogen and oxygen atoms in total. The summed E-state index contributed by atoms with van der Waals surface area (Å²) >= 11 is 1.78. The summed E-state index contributed by atoms with van der Waals surface area (Å²) in [5.74, 6) is 0.989. The van der Waals surface area contributed by atoms with Crippen LogP contribution in [-0.4, -0.2) is 17.0 Å². The van der Waals surface area contributed by atoms with E-state index in [4.69, 9.17) is 5.11 Å². The van der Waals surface area contributed by atoms with E-state index in [1.165, 1.54) is 5.56 Å². The summed E-state index contributed by atoms with van der Waals surface area (Å²) in [4.78, 5) is 0. The van der Waals surface area contributed by atoms with Gasteiger partial charge in [-0.3, -0.25) is 0 Å². The van der Waals surface area contributed by atoms with E-state index < -0.39 is 0 Å². The van der Waals surface area contributed by atoms with Crippen LogP contribution in [-0.2, 0) is 5.75 Å². The zero-order chi connectivity index (χ0) is 8.81. The van der Waals surface area contributed by atoms with Crippen molar-refractivity contribution in [2.45, 2.75) is 17.9 Å². The van der Waals surface area contributed by atoms with Gasteiger partial charge in [0.25, 0.3) is 0 Å². The Balaban J connectivity index is 2.33. The molecular weight excluding hydrogens is 168 g/mol. The monoisotopic (exact) mass is 182 g/mol. The SMILES string of the molecule is CC(CO)SCc1ccccc1. The van der Waals surface area contributed by atoms with Crippen molar-refractivity contribution in [3.05, 3.63) is 35.9 Å². The molecule has 1 unspecified atom stereocenters. The molecule has 2 heteroatoms. The highest BCUT2D eigenvalue weighted by Gasteiger charge is 1.99. The Morgan fingerprint density at radius 1 is 1.33 bits per heavy atom. The topological polar surface area (TPSA) is 20.2 Å². The molecule has 1 aromatic carbocycles. The standard InChI is InChI=1S/C10H14OS/c1-9(7-11)12-8-10-5-3-2-4-6-10/h2-6,9,11H,7-8H2,1H3. The van der Waals surface area contributed by atoms with Crippen molar-refractivity contribution in [1.82, 2.24) is 0 Å². The van der Waals surface area contributed by atoms with Gasteiger partial charge in [0, 0.05) is 11.0 Å². The fourth-order valence-electron chi connectivity index (χ4n) is 0.865. The quantitative estimate of drug-likeness (QED) is 0.771. The molecule has 1 N–H and O–H groups in total. The highest BCUT2D eigenvalue weighted by atomic mass is 32.2. The smallest absolute Gasteiger partial charge is 0.0547 e. The molecule has 0 fully saturated rings. The summed E-state index contributed by atoms with van der Waals surface area (Å²) in [6.45, 7) is 2.30. The summed E-state index contributed by atoms with van der Waals surface area (Å²) < 4.78 is 0. The van der Waals surface area contributed by atoms with Crippen LogP contribution in [0.3, 0.4) is 0 Å². The Morgan fingerprint density at radius 3 is 2.58 bits per heavy atom. The van der Waals surface area contributed by atoms with Gasteiger partial charge in [0.05, 0.1) is 6.61 Å². The molecule has 0 heterocycles. The molecule has 0 saturated carbocycles. The molecule has 1 atom stereocenters. The Kier molecular flexibility index (Phi) is 4.19. The van der Waals surface area contributed by atoms with E-state index >= 15 is 0 Å². The molecule has 0 aliphatic carbocycles. The average molecular weight is 182 g/mol. The van der Waals surface area contributed by atoms with Crippen molar-refractivity contribution in [1.29, 1.82) is 0 Å². The van der Waals surface area contributed by atoms with Crippen LogP contribution in [0, 0.1) is 0 Å². The minimum Gasteiger partial charge on any atom is -0.395 e. The second-order valence-corrected chi connectivity index (χ2v) is 4.22. The Morgan fingerprint density at radius 2 is 2.00 bits per heavy atom. The lowest BCUT2D eigenvalue weighted by atomic mass is 10.2. The molecule has 66 valence electrons. The van der Waals surface area contributed by atoms with Gasteiger partial charge >= 0.3 is 0 Å². The Hall–Kier alpha value is -0.470. The second-order valence-electron chi connectivity index (χ2n) is 2.79. The molecule has 0 radical (unpaired) electrons. The summed E-state index contributed by atoms with van der Waals surface area (Å²) in [6.07, 6.45) is 0. The molecule has 1 rings (SSSR count). The van der Waals surface area contributed by atoms with Crippen LogP contribution in [0.2, 0.25) is 0 Å². The second kappa shape index (κ2) is 5.22. The normalized spacial score (nSPS) is 12.8. The zero-order valence-electron chi connectivity index (χ0n) is 7.23. The van der Waals surface area contributed by atoms with Crippen LogP contribution >= 0.6 is 11.8 Å². The highest BCUT2D eigenvalue weighted by Crippen LogP contribution is 2.16. The first-order valence-electron chi connectivity index (χ1n) is 4.09. The third kappa shape index (κ3) is 3.28. The molecule has 0 bridgehead atoms. The summed E-state index contributed by atoms with van der Waals surface area (Å²) in [5, 5.41) is 9.13. The number of benzene rings is 1. The van der Waals surface area contributed by atoms with Gasteiger partial charge in [-0.25, -0.2) is 0 Å². The predicted octanol–water partition coefficient (Wildman–Crippen LogP) is 2.30. The summed E-state index contributed by atoms with van der Waals surface area (Å²) in [6, 6.07) is 10.3. The van der Waals surface area contributed by atoms with Gasteiger partial charge in [0.15, 0.2) is 0 Å². The molecule has 0 aliphatic rings. The van der Waals surface area contributed by atoms with E-state index in [-0.39, 0.29) is 6.61 Å². The number of hydrogen-bond acceptors (Lipinski definition) is 2. The van der Waals surface area contributed by atoms with Gasteiger partial charge in [-0.15, -0.1) is 0 Å². The maximum atomic E-state index is 8.79. The average Bonchev–Trinajstić information content (AvgIpc) is 2.16. The van der Waals surface area contributed by atoms with Crippen molar-refractivity contribution in [3.63, 3.8) is 0 Å². The molecule has 0 spiro atoms. The molecular formula is C10H14OS. The van der Waals surface area contributed by atoms with Crippen molar-refractivity contribution in [2.75, 3.05) is 6.61 Å². The molecule has 0 saturated heterocycles. The molecule has 0 aliphatic heterocycles. The van der Waals surface area contributed by atoms with E-state index in [9.17, 15) is 0 Å². The minimum atomic E-state index is 0.261. The maximum absolute atomic E-state index is 8.79. The van der Waals surface area contributed by atoms with Gasteiger partial charge in [-0.2, -0.15) is 11.8 Å². The van der Waals surface area contributed by atoms with Crippen molar-refractivity contribution in [2.24, 2.45) is 0 Å². The third-order valence-electron chi connectivity index (χ3n) is 1.63. The molecule has 0 aromatic heterocycles. The van der Waals surface area contributed by atoms with Crippen LogP contribution < -0.4 is 0 Å². The molecule has 1 aromatic rings. The van der Waals surface area contributed by atoms with Gasteiger partial charge in [0.1, 0.15) is 0 Å². The highest BCUT2D eigenvalue weighted by molar-refractivity contribution is 7.99. The summed E-state index contributed by atoms with van der Waals surface area (Å²) in [5.41, 5.74) is 1.32. The first-order chi connectivity index (χ1) is 5.83. The van der Waals surface area contributed by atoms with Crippen molar-refractivity contribution < 1.29 is 5.11 Å². The Labute approximate surface area is 77.8 Å². The zero-order valence-corrected chi connectivity index (χ0v) is 8.05. The lowest BCUT2D eigenvalue weighted by Gasteiger charge is -2.06. The van der Waals surface area contributed by atoms with Gasteiger partial charge in [-0.1, -0.05) is 37.3 Å². The van der Waals surface area contributed by atoms with E-state index in [1.54, 1.807) is 11.8 Å². The van der Waals surface area contributed by atoms with E-state index in [1.807, 2.05) is 25.1 Å². The largest absolute Gasteiger partial charge is 0.395 e. The lowest BCUT2D eigenvalue weighted by molar-refractivity contribution is 0.300. The van der Waals surface area contributed by atoms with Crippen LogP contribution in [0.1, 0.15) is 12.5 Å². The lowest BCUT2D eigenvalue weighted by Crippen LogP contribution is -2.02. The van der Waals surface area contributed by atoms with Gasteiger partial charge in [0.2, 0.25) is 0 Å². The van der Waals surface area contributed by atoms with Crippen LogP contribution in [0.5, 0.6) is 0 Å². The first-order valence-corrected chi connectivity index (χ1v) is 5.14. The number of rotatable bonds is 4. The fourth-order valence-corrected chi connectivity index (χ4v) is 1.64. The fraction of sp³-hybridized carbons (Fsp3) is 0.400. The maximum Gasteiger partial charge on any atom is 0.0547 e. The van der Waals surface area contributed by atoms with E-state index in [0.29, 0.717) is 5.25 Å². The van der Waals surface area contributed by atoms with Crippen LogP contribution in [0.4, 0.5) is 0 Å². The predicted molar refractivity (Wildman–Crippen MR) is 54.3 cm³/mol. The van der Waals surface area contributed by atoms with E-state index in [0.717, 1.165) is 5.75 Å². The Bertz CT molecular complexity index is 210. The van der Waals surface area contributed by atoms with E-state index in [2.05, 4.69) is 12.1 Å². The molecule has 0 amide bonds. The first kappa shape index (κ1) is 9.62. The van der Waals surface area contributed by atoms with Gasteiger partial charge < -0.3 is 5.11 Å². The van der Waals surface area contributed by atoms with Crippen LogP contribution in [0.15, 0.2) is 30.3 Å². The number of aliphatic hydroxyl groups excluding tert-OH is 1. The van der Waals surface area contributed by atoms with Gasteiger partial charge in [-0.05, 0) is 5.56 Å². The third-order valence-corrected chi connectivity index (χ3v) is 2.85. The number of hydrogen-bond donors (Lipinski definition) is 1. The number of aliphatic hydroxyl groups is 1. The minimum absolute atomic E-state index is 0.261. The van der Waals surface area contributed by atoms with Crippen molar-refractivity contribution in [3.8, 4) is 0 Å². The summed E-state index contributed by atoms with van der Waals surface area (Å²) in [7, 11) is 0.